The molecule has 2 aromatic heterocycles. The first-order valence-electron chi connectivity index (χ1n) is 11.3. The zero-order chi connectivity index (χ0) is 22.7. The zero-order valence-corrected chi connectivity index (χ0v) is 18.9. The molecule has 1 spiro atoms. The lowest BCUT2D eigenvalue weighted by Crippen LogP contribution is -2.72. The summed E-state index contributed by atoms with van der Waals surface area (Å²) >= 11 is 0. The molecule has 5 heterocycles. The fourth-order valence-corrected chi connectivity index (χ4v) is 5.66. The lowest BCUT2D eigenvalue weighted by atomic mass is 9.72. The minimum Gasteiger partial charge on any atom is -0.335 e. The number of carbonyl (C=O) groups is 2. The summed E-state index contributed by atoms with van der Waals surface area (Å²) in [6, 6.07) is 6.20. The average Bonchev–Trinajstić information content (AvgIpc) is 3.39. The first kappa shape index (κ1) is 20.2. The zero-order valence-electron chi connectivity index (χ0n) is 18.9. The van der Waals surface area contributed by atoms with Gasteiger partial charge in [0.15, 0.2) is 5.82 Å². The summed E-state index contributed by atoms with van der Waals surface area (Å²) in [6.07, 6.45) is 6.74. The van der Waals surface area contributed by atoms with Gasteiger partial charge in [-0.3, -0.25) is 19.6 Å². The van der Waals surface area contributed by atoms with Crippen LogP contribution in [0.5, 0.6) is 0 Å². The molecule has 9 nitrogen and oxygen atoms in total. The molecule has 9 heteroatoms. The van der Waals surface area contributed by atoms with Crippen molar-refractivity contribution in [3.05, 3.63) is 53.7 Å². The molecule has 2 fully saturated rings. The average molecular weight is 446 g/mol. The largest absolute Gasteiger partial charge is 0.335 e. The number of nitrogens with one attached hydrogen (secondary N) is 1. The fourth-order valence-electron chi connectivity index (χ4n) is 5.66. The lowest BCUT2D eigenvalue weighted by Gasteiger charge is -2.60. The smallest absolute Gasteiger partial charge is 0.289 e. The summed E-state index contributed by atoms with van der Waals surface area (Å²) in [4.78, 5) is 35.2. The maximum Gasteiger partial charge on any atom is 0.289 e. The molecule has 3 aromatic rings. The Morgan fingerprint density at radius 1 is 1.15 bits per heavy atom. The van der Waals surface area contributed by atoms with Gasteiger partial charge in [-0.15, -0.1) is 0 Å². The molecular formula is C24H27N7O2. The number of nitrogens with zero attached hydrogens (tertiary/aromatic N) is 6. The normalized spacial score (nSPS) is 19.4. The Balaban J connectivity index is 1.13. The predicted molar refractivity (Wildman–Crippen MR) is 123 cm³/mol. The molecule has 0 radical (unpaired) electrons. The van der Waals surface area contributed by atoms with Gasteiger partial charge >= 0.3 is 0 Å². The Hall–Kier alpha value is -3.46. The first-order chi connectivity index (χ1) is 15.9. The number of benzene rings is 1. The van der Waals surface area contributed by atoms with Crippen LogP contribution in [-0.2, 0) is 24.8 Å². The van der Waals surface area contributed by atoms with Gasteiger partial charge in [0.1, 0.15) is 0 Å². The third-order valence-corrected chi connectivity index (χ3v) is 7.28. The SMILES string of the molecule is CN1C(=O)CCc2cccc(-c3n[nH]cc3CN3CC4(C3)CN(C(=O)c3nccn3C)C4)c21. The van der Waals surface area contributed by atoms with Gasteiger partial charge in [0.2, 0.25) is 5.91 Å². The minimum absolute atomic E-state index is 0.0104. The highest BCUT2D eigenvalue weighted by Crippen LogP contribution is 2.42. The number of hydrogen-bond donors (Lipinski definition) is 1. The Kier molecular flexibility index (Phi) is 4.45. The number of para-hydroxylation sites is 1. The van der Waals surface area contributed by atoms with Crippen LogP contribution in [0.2, 0.25) is 0 Å². The van der Waals surface area contributed by atoms with Gasteiger partial charge in [0.05, 0.1) is 11.4 Å². The van der Waals surface area contributed by atoms with E-state index in [1.54, 1.807) is 21.9 Å². The van der Waals surface area contributed by atoms with E-state index < -0.39 is 0 Å². The van der Waals surface area contributed by atoms with Crippen LogP contribution >= 0.6 is 0 Å². The second-order valence-electron chi connectivity index (χ2n) is 9.69. The van der Waals surface area contributed by atoms with E-state index in [1.165, 1.54) is 5.56 Å². The third-order valence-electron chi connectivity index (χ3n) is 7.28. The van der Waals surface area contributed by atoms with Crippen LogP contribution in [-0.4, -0.2) is 74.6 Å². The molecule has 170 valence electrons. The Bertz CT molecular complexity index is 1250. The minimum atomic E-state index is 0.0104. The number of hydrogen-bond acceptors (Lipinski definition) is 5. The maximum atomic E-state index is 12.6. The Morgan fingerprint density at radius 3 is 2.73 bits per heavy atom. The van der Waals surface area contributed by atoms with Crippen LogP contribution in [0.3, 0.4) is 0 Å². The van der Waals surface area contributed by atoms with Gasteiger partial charge in [0, 0.05) is 88.4 Å². The number of rotatable bonds is 4. The lowest BCUT2D eigenvalue weighted by molar-refractivity contribution is -0.118. The maximum absolute atomic E-state index is 12.6. The molecule has 1 N–H and O–H groups in total. The van der Waals surface area contributed by atoms with E-state index in [0.29, 0.717) is 12.2 Å². The predicted octanol–water partition coefficient (Wildman–Crippen LogP) is 1.68. The molecule has 0 bridgehead atoms. The summed E-state index contributed by atoms with van der Waals surface area (Å²) in [5.74, 6) is 0.654. The van der Waals surface area contributed by atoms with E-state index in [-0.39, 0.29) is 17.2 Å². The number of aromatic amines is 1. The number of aryl methyl sites for hydroxylation is 2. The fraction of sp³-hybridized carbons (Fsp3) is 0.417. The van der Waals surface area contributed by atoms with Crippen LogP contribution < -0.4 is 4.90 Å². The van der Waals surface area contributed by atoms with Gasteiger partial charge in [-0.2, -0.15) is 5.10 Å². The van der Waals surface area contributed by atoms with Crippen molar-refractivity contribution in [2.24, 2.45) is 12.5 Å². The molecule has 0 atom stereocenters. The van der Waals surface area contributed by atoms with Gasteiger partial charge < -0.3 is 14.4 Å². The van der Waals surface area contributed by atoms with Crippen molar-refractivity contribution in [1.82, 2.24) is 29.5 Å². The van der Waals surface area contributed by atoms with Crippen LogP contribution in [0.4, 0.5) is 5.69 Å². The summed E-state index contributed by atoms with van der Waals surface area (Å²) in [7, 11) is 3.70. The van der Waals surface area contributed by atoms with Crippen molar-refractivity contribution < 1.29 is 9.59 Å². The molecule has 6 rings (SSSR count). The number of likely N-dealkylation sites (tertiary alicyclic amines) is 2. The van der Waals surface area contributed by atoms with Crippen molar-refractivity contribution >= 4 is 17.5 Å². The number of aromatic nitrogens is 4. The number of anilines is 1. The summed E-state index contributed by atoms with van der Waals surface area (Å²) < 4.78 is 1.77. The van der Waals surface area contributed by atoms with Crippen molar-refractivity contribution in [2.45, 2.75) is 19.4 Å². The van der Waals surface area contributed by atoms with Gasteiger partial charge in [0.25, 0.3) is 5.91 Å². The van der Waals surface area contributed by atoms with Crippen LogP contribution in [0.1, 0.15) is 28.2 Å². The van der Waals surface area contributed by atoms with Crippen molar-refractivity contribution in [2.75, 3.05) is 38.1 Å². The third kappa shape index (κ3) is 3.18. The molecule has 0 unspecified atom stereocenters. The molecule has 1 aromatic carbocycles. The van der Waals surface area contributed by atoms with E-state index in [0.717, 1.165) is 61.7 Å². The molecule has 3 aliphatic rings. The first-order valence-corrected chi connectivity index (χ1v) is 11.3. The molecule has 0 aliphatic carbocycles. The summed E-state index contributed by atoms with van der Waals surface area (Å²) in [5.41, 5.74) is 5.41. The van der Waals surface area contributed by atoms with E-state index in [4.69, 9.17) is 0 Å². The number of amides is 2. The van der Waals surface area contributed by atoms with Crippen molar-refractivity contribution in [3.8, 4) is 11.3 Å². The van der Waals surface area contributed by atoms with Crippen molar-refractivity contribution in [3.63, 3.8) is 0 Å². The molecular weight excluding hydrogens is 418 g/mol. The second kappa shape index (κ2) is 7.28. The molecule has 33 heavy (non-hydrogen) atoms. The second-order valence-corrected chi connectivity index (χ2v) is 9.69. The highest BCUT2D eigenvalue weighted by molar-refractivity contribution is 6.00. The van der Waals surface area contributed by atoms with E-state index >= 15 is 0 Å². The van der Waals surface area contributed by atoms with Gasteiger partial charge in [-0.05, 0) is 12.0 Å². The highest BCUT2D eigenvalue weighted by Gasteiger charge is 2.53. The number of H-pyrrole nitrogens is 1. The summed E-state index contributed by atoms with van der Waals surface area (Å²) in [6.45, 7) is 4.29. The van der Waals surface area contributed by atoms with Crippen LogP contribution in [0.15, 0.2) is 36.8 Å². The van der Waals surface area contributed by atoms with Gasteiger partial charge in [-0.1, -0.05) is 18.2 Å². The Morgan fingerprint density at radius 2 is 1.97 bits per heavy atom. The number of fused-ring (bicyclic) bond motifs is 1. The van der Waals surface area contributed by atoms with Crippen molar-refractivity contribution in [1.29, 1.82) is 0 Å². The number of carbonyl (C=O) groups excluding carboxylic acids is 2. The topological polar surface area (TPSA) is 90.4 Å². The quantitative estimate of drug-likeness (QED) is 0.660. The monoisotopic (exact) mass is 445 g/mol. The van der Waals surface area contributed by atoms with Crippen LogP contribution in [0, 0.1) is 5.41 Å². The standard InChI is InChI=1S/C24H27N7O2/c1-28-9-8-25-22(28)23(33)31-14-24(15-31)12-30(13-24)11-17-10-26-27-20(17)18-5-3-4-16-6-7-19(32)29(2)21(16)18/h3-5,8-10H,6-7,11-15H2,1-2H3,(H,26,27). The van der Waals surface area contributed by atoms with E-state index in [1.807, 2.05) is 25.2 Å². The number of imidazole rings is 1. The molecule has 2 amide bonds. The van der Waals surface area contributed by atoms with E-state index in [2.05, 4.69) is 38.3 Å². The molecule has 0 saturated carbocycles. The molecule has 2 saturated heterocycles. The highest BCUT2D eigenvalue weighted by atomic mass is 16.2. The molecule has 3 aliphatic heterocycles. The van der Waals surface area contributed by atoms with E-state index in [9.17, 15) is 9.59 Å². The van der Waals surface area contributed by atoms with Crippen LogP contribution in [0.25, 0.3) is 11.3 Å². The van der Waals surface area contributed by atoms with Gasteiger partial charge in [-0.25, -0.2) is 4.98 Å². The Labute approximate surface area is 192 Å². The summed E-state index contributed by atoms with van der Waals surface area (Å²) in [5, 5.41) is 7.59.